The highest BCUT2D eigenvalue weighted by Crippen LogP contribution is 2.45. The first-order valence-corrected chi connectivity index (χ1v) is 17.0. The van der Waals surface area contributed by atoms with E-state index < -0.39 is 47.5 Å². The van der Waals surface area contributed by atoms with E-state index in [4.69, 9.17) is 14.2 Å². The summed E-state index contributed by atoms with van der Waals surface area (Å²) in [5, 5.41) is 16.2. The molecule has 2 aliphatic heterocycles. The minimum absolute atomic E-state index is 0.0165. The molecule has 2 aromatic rings. The molecule has 0 spiro atoms. The van der Waals surface area contributed by atoms with Gasteiger partial charge in [-0.25, -0.2) is 19.0 Å². The van der Waals surface area contributed by atoms with E-state index in [2.05, 4.69) is 15.6 Å². The third kappa shape index (κ3) is 7.34. The normalized spacial score (nSPS) is 28.8. The molecular weight excluding hydrogens is 623 g/mol. The molecule has 0 radical (unpaired) electrons. The van der Waals surface area contributed by atoms with Crippen molar-refractivity contribution < 1.29 is 42.9 Å². The number of fused-ring (bicyclic) bond motifs is 3. The molecule has 4 aliphatic rings. The van der Waals surface area contributed by atoms with Crippen LogP contribution in [0.3, 0.4) is 0 Å². The Morgan fingerprint density at radius 2 is 1.94 bits per heavy atom. The van der Waals surface area contributed by atoms with Crippen LogP contribution in [0.5, 0.6) is 11.6 Å². The van der Waals surface area contributed by atoms with E-state index >= 15 is 0 Å². The van der Waals surface area contributed by atoms with Crippen LogP contribution in [0.25, 0.3) is 10.9 Å². The smallest absolute Gasteiger partial charge is 0.407 e. The first kappa shape index (κ1) is 33.5. The van der Waals surface area contributed by atoms with Gasteiger partial charge in [-0.1, -0.05) is 24.6 Å². The zero-order valence-electron chi connectivity index (χ0n) is 27.1. The van der Waals surface area contributed by atoms with Crippen LogP contribution in [0, 0.1) is 11.7 Å². The number of alkyl carbamates (subject to hydrolysis) is 1. The fourth-order valence-corrected chi connectivity index (χ4v) is 7.16. The number of carbonyl (C=O) groups is 4. The van der Waals surface area contributed by atoms with E-state index in [-0.39, 0.29) is 60.9 Å². The minimum atomic E-state index is -1.44. The molecule has 3 N–H and O–H groups in total. The average molecular weight is 667 g/mol. The van der Waals surface area contributed by atoms with Gasteiger partial charge in [0.25, 0.3) is 0 Å². The molecule has 3 heterocycles. The van der Waals surface area contributed by atoms with Crippen molar-refractivity contribution >= 4 is 34.8 Å². The summed E-state index contributed by atoms with van der Waals surface area (Å²) >= 11 is 0. The number of nitrogens with zero attached hydrogens (tertiary/aromatic N) is 2. The van der Waals surface area contributed by atoms with Crippen molar-refractivity contribution in [2.45, 2.75) is 107 Å². The Labute approximate surface area is 278 Å². The van der Waals surface area contributed by atoms with Crippen molar-refractivity contribution in [3.8, 4) is 11.6 Å². The highest BCUT2D eigenvalue weighted by atomic mass is 19.1. The molecular formula is C35H43FN4O8. The summed E-state index contributed by atoms with van der Waals surface area (Å²) in [6, 6.07) is 4.50. The van der Waals surface area contributed by atoms with Gasteiger partial charge in [-0.2, -0.15) is 0 Å². The van der Waals surface area contributed by atoms with Gasteiger partial charge in [0.2, 0.25) is 17.7 Å². The number of rotatable bonds is 7. The number of aliphatic carboxylic acids is 1. The maximum Gasteiger partial charge on any atom is 0.407 e. The first-order valence-electron chi connectivity index (χ1n) is 17.0. The average Bonchev–Trinajstić information content (AvgIpc) is 3.33. The quantitative estimate of drug-likeness (QED) is 0.359. The summed E-state index contributed by atoms with van der Waals surface area (Å²) in [4.78, 5) is 58.7. The Morgan fingerprint density at radius 3 is 2.71 bits per heavy atom. The summed E-state index contributed by atoms with van der Waals surface area (Å²) < 4.78 is 32.3. The van der Waals surface area contributed by atoms with E-state index in [1.165, 1.54) is 11.0 Å². The molecule has 48 heavy (non-hydrogen) atoms. The molecule has 13 heteroatoms. The summed E-state index contributed by atoms with van der Waals surface area (Å²) in [5.41, 5.74) is -1.38. The number of carboxylic acids is 1. The second kappa shape index (κ2) is 14.4. The van der Waals surface area contributed by atoms with Crippen LogP contribution in [0.1, 0.15) is 77.6 Å². The van der Waals surface area contributed by atoms with Crippen LogP contribution in [0.2, 0.25) is 0 Å². The van der Waals surface area contributed by atoms with E-state index in [9.17, 15) is 28.7 Å². The lowest BCUT2D eigenvalue weighted by atomic mass is 10.0. The van der Waals surface area contributed by atoms with Crippen molar-refractivity contribution in [2.75, 3.05) is 13.2 Å². The molecule has 1 saturated heterocycles. The Hall–Kier alpha value is -4.42. The molecule has 6 rings (SSSR count). The van der Waals surface area contributed by atoms with Crippen LogP contribution in [0.4, 0.5) is 9.18 Å². The predicted octanol–water partition coefficient (Wildman–Crippen LogP) is 4.64. The molecule has 12 nitrogen and oxygen atoms in total. The Kier molecular flexibility index (Phi) is 10.0. The van der Waals surface area contributed by atoms with Crippen LogP contribution in [0.15, 0.2) is 36.4 Å². The third-order valence-corrected chi connectivity index (χ3v) is 9.80. The van der Waals surface area contributed by atoms with Gasteiger partial charge in [0.05, 0.1) is 13.2 Å². The molecule has 1 aromatic carbocycles. The SMILES string of the molecule is CCOc1cc(O[C@@H]2C[C@H]3C(=O)N[C@]4(C(=O)O)C[C@H]4/C=C\CCCC[C@H](NC(=O)OC4CCCC4)CC(=O)N3C2)c2cccc(F)c2n1. The van der Waals surface area contributed by atoms with Crippen LogP contribution < -0.4 is 20.1 Å². The highest BCUT2D eigenvalue weighted by Gasteiger charge is 2.61. The molecule has 1 aromatic heterocycles. The second-order valence-corrected chi connectivity index (χ2v) is 13.2. The number of carboxylic acid groups (broad SMARTS) is 1. The van der Waals surface area contributed by atoms with Gasteiger partial charge in [0, 0.05) is 36.3 Å². The fourth-order valence-electron chi connectivity index (χ4n) is 7.16. The zero-order chi connectivity index (χ0) is 33.8. The van der Waals surface area contributed by atoms with Gasteiger partial charge >= 0.3 is 12.1 Å². The van der Waals surface area contributed by atoms with Gasteiger partial charge in [0.15, 0.2) is 0 Å². The number of carbonyl (C=O) groups excluding carboxylic acids is 3. The van der Waals surface area contributed by atoms with Gasteiger partial charge < -0.3 is 34.9 Å². The van der Waals surface area contributed by atoms with E-state index in [0.29, 0.717) is 24.8 Å². The van der Waals surface area contributed by atoms with Crippen molar-refractivity contribution in [1.82, 2.24) is 20.5 Å². The number of ether oxygens (including phenoxy) is 3. The molecule has 0 unspecified atom stereocenters. The van der Waals surface area contributed by atoms with Crippen LogP contribution >= 0.6 is 0 Å². The van der Waals surface area contributed by atoms with Gasteiger partial charge in [-0.05, 0) is 70.4 Å². The summed E-state index contributed by atoms with van der Waals surface area (Å²) in [6.07, 6.45) is 9.06. The number of amides is 3. The molecule has 5 atom stereocenters. The molecule has 2 saturated carbocycles. The number of hydrogen-bond donors (Lipinski definition) is 3. The van der Waals surface area contributed by atoms with Crippen molar-refractivity contribution in [3.05, 3.63) is 42.2 Å². The lowest BCUT2D eigenvalue weighted by molar-refractivity contribution is -0.145. The minimum Gasteiger partial charge on any atom is -0.488 e. The summed E-state index contributed by atoms with van der Waals surface area (Å²) in [7, 11) is 0. The van der Waals surface area contributed by atoms with E-state index in [0.717, 1.165) is 38.5 Å². The van der Waals surface area contributed by atoms with Crippen LogP contribution in [-0.4, -0.2) is 81.8 Å². The van der Waals surface area contributed by atoms with Crippen LogP contribution in [-0.2, 0) is 19.1 Å². The summed E-state index contributed by atoms with van der Waals surface area (Å²) in [6.45, 7) is 2.09. The lowest BCUT2D eigenvalue weighted by Crippen LogP contribution is -2.53. The van der Waals surface area contributed by atoms with Gasteiger partial charge in [-0.15, -0.1) is 0 Å². The Morgan fingerprint density at radius 1 is 1.15 bits per heavy atom. The first-order chi connectivity index (χ1) is 23.2. The Balaban J connectivity index is 1.26. The van der Waals surface area contributed by atoms with Crippen molar-refractivity contribution in [1.29, 1.82) is 0 Å². The zero-order valence-corrected chi connectivity index (χ0v) is 27.1. The fraction of sp³-hybridized carbons (Fsp3) is 0.571. The number of nitrogens with one attached hydrogen (secondary N) is 2. The largest absolute Gasteiger partial charge is 0.488 e. The van der Waals surface area contributed by atoms with Gasteiger partial charge in [-0.3, -0.25) is 9.59 Å². The molecule has 0 bridgehead atoms. The number of aromatic nitrogens is 1. The number of allylic oxidation sites excluding steroid dienone is 1. The predicted molar refractivity (Wildman–Crippen MR) is 172 cm³/mol. The van der Waals surface area contributed by atoms with Gasteiger partial charge in [0.1, 0.15) is 40.9 Å². The third-order valence-electron chi connectivity index (χ3n) is 9.80. The molecule has 2 aliphatic carbocycles. The topological polar surface area (TPSA) is 156 Å². The van der Waals surface area contributed by atoms with E-state index in [1.807, 2.05) is 12.2 Å². The van der Waals surface area contributed by atoms with Crippen molar-refractivity contribution in [3.63, 3.8) is 0 Å². The molecule has 3 fully saturated rings. The van der Waals surface area contributed by atoms with Crippen molar-refractivity contribution in [2.24, 2.45) is 5.92 Å². The summed E-state index contributed by atoms with van der Waals surface area (Å²) in [5.74, 6) is -2.56. The number of halogens is 1. The number of para-hydroxylation sites is 1. The maximum atomic E-state index is 14.8. The van der Waals surface area contributed by atoms with E-state index in [1.54, 1.807) is 25.1 Å². The second-order valence-electron chi connectivity index (χ2n) is 13.2. The molecule has 3 amide bonds. The lowest BCUT2D eigenvalue weighted by Gasteiger charge is -2.27. The number of pyridine rings is 1. The number of benzene rings is 1. The molecule has 258 valence electrons. The maximum absolute atomic E-state index is 14.8. The Bertz CT molecular complexity index is 1580. The number of hydrogen-bond acceptors (Lipinski definition) is 8. The standard InChI is InChI=1S/C35H43FN4O8/c1-2-46-29-18-28(25-14-9-15-26(36)31(25)38-29)47-24-17-27-32(42)39-35(33(43)44)19-21(35)10-5-3-4-6-11-22(16-30(41)40(27)20-24)37-34(45)48-23-12-7-8-13-23/h5,9-10,14-15,18,21-24,27H,2-4,6-8,11-13,16-17,19-20H2,1H3,(H,37,45)(H,39,42)(H,43,44)/b10-5-/t21-,22+,24-,27+,35-/m1/s1. The highest BCUT2D eigenvalue weighted by molar-refractivity contribution is 5.95. The monoisotopic (exact) mass is 666 g/mol.